The van der Waals surface area contributed by atoms with Crippen molar-refractivity contribution in [3.8, 4) is 0 Å². The summed E-state index contributed by atoms with van der Waals surface area (Å²) < 4.78 is 16.4. The molecular formula is C6H9NO4P+. The lowest BCUT2D eigenvalue weighted by molar-refractivity contribution is -0.132. The number of carbonyl (C=O) groups is 2. The smallest absolute Gasteiger partial charge is 0.270 e. The van der Waals surface area contributed by atoms with Gasteiger partial charge in [0.2, 0.25) is 0 Å². The average molecular weight is 190 g/mol. The summed E-state index contributed by atoms with van der Waals surface area (Å²) in [5.41, 5.74) is 0. The van der Waals surface area contributed by atoms with E-state index in [1.807, 2.05) is 0 Å². The lowest BCUT2D eigenvalue weighted by atomic mass is 10.4. The zero-order chi connectivity index (χ0) is 9.14. The van der Waals surface area contributed by atoms with Crippen molar-refractivity contribution in [3.63, 3.8) is 0 Å². The molecule has 0 radical (unpaired) electrons. The van der Waals surface area contributed by atoms with Crippen molar-refractivity contribution in [1.82, 2.24) is 4.67 Å². The predicted molar refractivity (Wildman–Crippen MR) is 40.3 cm³/mol. The second-order valence-electron chi connectivity index (χ2n) is 2.25. The van der Waals surface area contributed by atoms with Gasteiger partial charge >= 0.3 is 8.18 Å². The maximum atomic E-state index is 11.1. The molecule has 1 unspecified atom stereocenters. The monoisotopic (exact) mass is 190 g/mol. The van der Waals surface area contributed by atoms with Crippen LogP contribution in [0.5, 0.6) is 0 Å². The number of rotatable bonds is 3. The molecule has 0 aromatic heterocycles. The van der Waals surface area contributed by atoms with Gasteiger partial charge in [0.1, 0.15) is 6.61 Å². The number of imide groups is 1. The normalized spacial score (nSPS) is 18.8. The van der Waals surface area contributed by atoms with Gasteiger partial charge in [-0.25, -0.2) is 0 Å². The maximum absolute atomic E-state index is 11.1. The lowest BCUT2D eigenvalue weighted by Gasteiger charge is -1.95. The summed E-state index contributed by atoms with van der Waals surface area (Å²) in [6.45, 7) is 1.88. The minimum absolute atomic E-state index is 0.146. The Labute approximate surface area is 70.6 Å². The molecule has 0 aliphatic carbocycles. The number of nitrogens with zero attached hydrogens (tertiary/aromatic N) is 1. The van der Waals surface area contributed by atoms with Crippen LogP contribution < -0.4 is 0 Å². The number of amides is 2. The predicted octanol–water partition coefficient (Wildman–Crippen LogP) is 0.829. The molecule has 0 N–H and O–H groups in total. The first kappa shape index (κ1) is 9.29. The largest absolute Gasteiger partial charge is 0.656 e. The molecule has 6 heteroatoms. The van der Waals surface area contributed by atoms with Crippen LogP contribution in [-0.2, 0) is 18.7 Å². The lowest BCUT2D eigenvalue weighted by Crippen LogP contribution is -2.21. The Kier molecular flexibility index (Phi) is 2.89. The zero-order valence-electron chi connectivity index (χ0n) is 6.65. The molecule has 0 aromatic rings. The first-order valence-corrected chi connectivity index (χ1v) is 4.75. The van der Waals surface area contributed by atoms with Crippen LogP contribution in [0.1, 0.15) is 19.8 Å². The highest BCUT2D eigenvalue weighted by Gasteiger charge is 2.45. The summed E-state index contributed by atoms with van der Waals surface area (Å²) >= 11 is 0. The minimum Gasteiger partial charge on any atom is -0.270 e. The van der Waals surface area contributed by atoms with E-state index in [-0.39, 0.29) is 19.4 Å². The van der Waals surface area contributed by atoms with Crippen molar-refractivity contribution in [2.45, 2.75) is 19.8 Å². The summed E-state index contributed by atoms with van der Waals surface area (Å²) in [7, 11) is -2.28. The van der Waals surface area contributed by atoms with E-state index in [9.17, 15) is 14.2 Å². The summed E-state index contributed by atoms with van der Waals surface area (Å²) in [5, 5.41) is 0. The van der Waals surface area contributed by atoms with Crippen molar-refractivity contribution >= 4 is 20.0 Å². The first-order chi connectivity index (χ1) is 5.66. The molecule has 0 spiro atoms. The van der Waals surface area contributed by atoms with Crippen molar-refractivity contribution in [1.29, 1.82) is 0 Å². The molecule has 1 fully saturated rings. The van der Waals surface area contributed by atoms with Crippen LogP contribution in [0.25, 0.3) is 0 Å². The highest BCUT2D eigenvalue weighted by molar-refractivity contribution is 7.38. The third-order valence-electron chi connectivity index (χ3n) is 1.43. The van der Waals surface area contributed by atoms with E-state index in [4.69, 9.17) is 0 Å². The highest BCUT2D eigenvalue weighted by atomic mass is 31.1. The van der Waals surface area contributed by atoms with E-state index in [1.54, 1.807) is 6.92 Å². The third-order valence-corrected chi connectivity index (χ3v) is 2.68. The van der Waals surface area contributed by atoms with Crippen LogP contribution in [0, 0.1) is 0 Å². The number of hydrogen-bond acceptors (Lipinski definition) is 4. The summed E-state index contributed by atoms with van der Waals surface area (Å²) in [6.07, 6.45) is 0.292. The van der Waals surface area contributed by atoms with E-state index < -0.39 is 20.0 Å². The van der Waals surface area contributed by atoms with Crippen LogP contribution in [0.4, 0.5) is 0 Å². The molecular weight excluding hydrogens is 181 g/mol. The summed E-state index contributed by atoms with van der Waals surface area (Å²) in [6, 6.07) is 0. The first-order valence-electron chi connectivity index (χ1n) is 3.62. The molecule has 1 aliphatic rings. The molecule has 66 valence electrons. The fraction of sp³-hybridized carbons (Fsp3) is 0.667. The van der Waals surface area contributed by atoms with Gasteiger partial charge in [-0.3, -0.25) is 9.59 Å². The fourth-order valence-corrected chi connectivity index (χ4v) is 1.82. The second-order valence-corrected chi connectivity index (χ2v) is 3.39. The van der Waals surface area contributed by atoms with E-state index in [2.05, 4.69) is 4.52 Å². The Bertz CT molecular complexity index is 224. The quantitative estimate of drug-likeness (QED) is 0.488. The van der Waals surface area contributed by atoms with Gasteiger partial charge in [0, 0.05) is 12.8 Å². The minimum atomic E-state index is -2.28. The fourth-order valence-electron chi connectivity index (χ4n) is 0.915. The molecule has 2 amide bonds. The van der Waals surface area contributed by atoms with Gasteiger partial charge in [0.15, 0.2) is 0 Å². The van der Waals surface area contributed by atoms with Crippen LogP contribution in [0.15, 0.2) is 0 Å². The van der Waals surface area contributed by atoms with Crippen LogP contribution in [0.2, 0.25) is 0 Å². The number of carbonyl (C=O) groups excluding carboxylic acids is 2. The van der Waals surface area contributed by atoms with Gasteiger partial charge in [0.25, 0.3) is 11.8 Å². The Hall–Kier alpha value is -0.800. The van der Waals surface area contributed by atoms with Crippen molar-refractivity contribution in [3.05, 3.63) is 0 Å². The van der Waals surface area contributed by atoms with Gasteiger partial charge in [0.05, 0.1) is 0 Å². The van der Waals surface area contributed by atoms with Crippen molar-refractivity contribution < 1.29 is 18.7 Å². The molecule has 1 atom stereocenters. The summed E-state index contributed by atoms with van der Waals surface area (Å²) in [5.74, 6) is -0.816. The SMILES string of the molecule is CCO[P+](=O)N1C(=O)CCC1=O. The highest BCUT2D eigenvalue weighted by Crippen LogP contribution is 2.33. The molecule has 0 aromatic carbocycles. The molecule has 5 nitrogen and oxygen atoms in total. The van der Waals surface area contributed by atoms with Gasteiger partial charge in [-0.15, -0.1) is 4.52 Å². The molecule has 1 heterocycles. The summed E-state index contributed by atoms with van der Waals surface area (Å²) in [4.78, 5) is 21.9. The third kappa shape index (κ3) is 1.68. The average Bonchev–Trinajstić information content (AvgIpc) is 2.32. The Morgan fingerprint density at radius 3 is 2.33 bits per heavy atom. The Morgan fingerprint density at radius 2 is 1.92 bits per heavy atom. The zero-order valence-corrected chi connectivity index (χ0v) is 7.54. The molecule has 1 aliphatic heterocycles. The molecule has 1 saturated heterocycles. The Balaban J connectivity index is 2.66. The van der Waals surface area contributed by atoms with E-state index in [0.29, 0.717) is 4.67 Å². The van der Waals surface area contributed by atoms with Crippen LogP contribution in [0.3, 0.4) is 0 Å². The topological polar surface area (TPSA) is 63.7 Å². The van der Waals surface area contributed by atoms with Gasteiger partial charge < -0.3 is 0 Å². The van der Waals surface area contributed by atoms with E-state index in [0.717, 1.165) is 0 Å². The van der Waals surface area contributed by atoms with Gasteiger partial charge in [-0.05, 0) is 16.2 Å². The van der Waals surface area contributed by atoms with E-state index in [1.165, 1.54) is 0 Å². The molecule has 1 rings (SSSR count). The van der Waals surface area contributed by atoms with Crippen molar-refractivity contribution in [2.75, 3.05) is 6.61 Å². The van der Waals surface area contributed by atoms with Gasteiger partial charge in [-0.1, -0.05) is 0 Å². The van der Waals surface area contributed by atoms with Crippen LogP contribution >= 0.6 is 8.18 Å². The molecule has 0 saturated carbocycles. The van der Waals surface area contributed by atoms with Crippen LogP contribution in [-0.4, -0.2) is 23.1 Å². The van der Waals surface area contributed by atoms with Gasteiger partial charge in [-0.2, -0.15) is 0 Å². The second kappa shape index (κ2) is 3.74. The Morgan fingerprint density at radius 1 is 1.42 bits per heavy atom. The van der Waals surface area contributed by atoms with E-state index >= 15 is 0 Å². The molecule has 12 heavy (non-hydrogen) atoms. The standard InChI is InChI=1S/C6H9NO4P/c1-2-11-12(10)7-5(8)3-4-6(7)9/h2-4H2,1H3/q+1. The van der Waals surface area contributed by atoms with Crippen molar-refractivity contribution in [2.24, 2.45) is 0 Å². The maximum Gasteiger partial charge on any atom is 0.656 e. The number of hydrogen-bond donors (Lipinski definition) is 0. The molecule has 0 bridgehead atoms.